The van der Waals surface area contributed by atoms with Gasteiger partial charge in [0.15, 0.2) is 0 Å². The maximum atomic E-state index is 11.5. The number of ether oxygens (including phenoxy) is 1. The van der Waals surface area contributed by atoms with E-state index >= 15 is 0 Å². The fraction of sp³-hybridized carbons (Fsp3) is 0.600. The number of carbonyl (C=O) groups excluding carboxylic acids is 2. The first-order valence-corrected chi connectivity index (χ1v) is 5.36. The van der Waals surface area contributed by atoms with Crippen LogP contribution in [0, 0.1) is 5.92 Å². The van der Waals surface area contributed by atoms with Crippen molar-refractivity contribution in [2.75, 3.05) is 6.61 Å². The molecule has 1 rings (SSSR count). The summed E-state index contributed by atoms with van der Waals surface area (Å²) in [6.45, 7) is 1.96. The summed E-state index contributed by atoms with van der Waals surface area (Å²) in [4.78, 5) is 25.2. The predicted molar refractivity (Wildman–Crippen MR) is 60.0 cm³/mol. The third kappa shape index (κ3) is 3.81. The largest absolute Gasteiger partial charge is 0.450 e. The Morgan fingerprint density at radius 2 is 2.24 bits per heavy atom. The normalized spacial score (nSPS) is 22.4. The molecular weight excluding hydrogens is 224 g/mol. The topological polar surface area (TPSA) is 104 Å². The number of rotatable bonds is 3. The lowest BCUT2D eigenvalue weighted by Gasteiger charge is -2.26. The van der Waals surface area contributed by atoms with Crippen LogP contribution in [0.3, 0.4) is 0 Å². The number of azide groups is 1. The fourth-order valence-electron chi connectivity index (χ4n) is 1.69. The van der Waals surface area contributed by atoms with E-state index in [0.29, 0.717) is 12.8 Å². The highest BCUT2D eigenvalue weighted by atomic mass is 16.5. The minimum absolute atomic E-state index is 0.267. The van der Waals surface area contributed by atoms with Crippen molar-refractivity contribution in [3.05, 3.63) is 22.6 Å². The Balaban J connectivity index is 2.67. The molecule has 7 heteroatoms. The zero-order valence-electron chi connectivity index (χ0n) is 9.50. The van der Waals surface area contributed by atoms with E-state index in [0.717, 1.165) is 0 Å². The number of hydrogen-bond acceptors (Lipinski definition) is 3. The van der Waals surface area contributed by atoms with Gasteiger partial charge in [-0.15, -0.1) is 0 Å². The summed E-state index contributed by atoms with van der Waals surface area (Å²) in [7, 11) is 0. The Hall–Kier alpha value is -2.01. The van der Waals surface area contributed by atoms with Crippen molar-refractivity contribution >= 4 is 12.0 Å². The van der Waals surface area contributed by atoms with E-state index < -0.39 is 17.9 Å². The lowest BCUT2D eigenvalue weighted by Crippen LogP contribution is -2.43. The molecule has 0 fully saturated rings. The van der Waals surface area contributed by atoms with E-state index in [1.54, 1.807) is 6.92 Å². The molecule has 17 heavy (non-hydrogen) atoms. The molecule has 0 unspecified atom stereocenters. The maximum Gasteiger partial charge on any atom is 0.407 e. The number of carbonyl (C=O) groups is 2. The first-order chi connectivity index (χ1) is 8.19. The third-order valence-electron chi connectivity index (χ3n) is 2.47. The van der Waals surface area contributed by atoms with Crippen LogP contribution in [0.2, 0.25) is 0 Å². The van der Waals surface area contributed by atoms with Crippen LogP contribution in [0.1, 0.15) is 19.8 Å². The Morgan fingerprint density at radius 3 is 2.88 bits per heavy atom. The van der Waals surface area contributed by atoms with Gasteiger partial charge in [0.2, 0.25) is 5.91 Å². The summed E-state index contributed by atoms with van der Waals surface area (Å²) in [5.74, 6) is -1.07. The highest BCUT2D eigenvalue weighted by Gasteiger charge is 2.29. The van der Waals surface area contributed by atoms with Crippen LogP contribution >= 0.6 is 0 Å². The minimum atomic E-state index is -0.563. The molecule has 0 saturated heterocycles. The summed E-state index contributed by atoms with van der Waals surface area (Å²) in [5, 5.41) is 5.66. The van der Waals surface area contributed by atoms with Gasteiger partial charge in [-0.3, -0.25) is 4.79 Å². The Bertz CT molecular complexity index is 374. The van der Waals surface area contributed by atoms with Gasteiger partial charge in [-0.05, 0) is 30.4 Å². The van der Waals surface area contributed by atoms with Gasteiger partial charge in [0.25, 0.3) is 0 Å². The van der Waals surface area contributed by atoms with Crippen LogP contribution in [-0.4, -0.2) is 24.6 Å². The molecule has 1 aliphatic rings. The lowest BCUT2D eigenvalue weighted by molar-refractivity contribution is -0.122. The van der Waals surface area contributed by atoms with Gasteiger partial charge in [-0.2, -0.15) is 0 Å². The zero-order valence-corrected chi connectivity index (χ0v) is 9.50. The van der Waals surface area contributed by atoms with Crippen molar-refractivity contribution in [1.82, 2.24) is 5.32 Å². The number of nitrogens with one attached hydrogen (secondary N) is 1. The van der Waals surface area contributed by atoms with Crippen molar-refractivity contribution < 1.29 is 14.3 Å². The molecule has 0 bridgehead atoms. The SMILES string of the molecule is CCOC(=O)N[C@H]1CC=CC[C@H]1C(=O)N=[N+]=[N-]. The van der Waals surface area contributed by atoms with Crippen LogP contribution in [0.25, 0.3) is 10.4 Å². The molecule has 0 spiro atoms. The lowest BCUT2D eigenvalue weighted by atomic mass is 9.88. The second-order valence-electron chi connectivity index (χ2n) is 3.55. The van der Waals surface area contributed by atoms with Gasteiger partial charge in [0, 0.05) is 16.9 Å². The summed E-state index contributed by atoms with van der Waals surface area (Å²) in [5.41, 5.74) is 8.23. The Labute approximate surface area is 98.4 Å². The Morgan fingerprint density at radius 1 is 1.53 bits per heavy atom. The maximum absolute atomic E-state index is 11.5. The van der Waals surface area contributed by atoms with Crippen molar-refractivity contribution in [3.63, 3.8) is 0 Å². The van der Waals surface area contributed by atoms with Crippen LogP contribution in [0.5, 0.6) is 0 Å². The van der Waals surface area contributed by atoms with Gasteiger partial charge in [0.1, 0.15) is 0 Å². The molecule has 0 aromatic carbocycles. The van der Waals surface area contributed by atoms with Gasteiger partial charge < -0.3 is 10.1 Å². The van der Waals surface area contributed by atoms with E-state index in [1.807, 2.05) is 12.2 Å². The van der Waals surface area contributed by atoms with E-state index in [-0.39, 0.29) is 12.6 Å². The highest BCUT2D eigenvalue weighted by Crippen LogP contribution is 2.20. The van der Waals surface area contributed by atoms with E-state index in [4.69, 9.17) is 10.3 Å². The zero-order chi connectivity index (χ0) is 12.7. The van der Waals surface area contributed by atoms with Crippen molar-refractivity contribution in [1.29, 1.82) is 0 Å². The molecule has 2 amide bonds. The standard InChI is InChI=1S/C10H14N4O3/c1-2-17-10(16)12-8-6-4-3-5-7(8)9(15)13-14-11/h3-4,7-8H,2,5-6H2,1H3,(H,12,16)/t7-,8+/m1/s1. The molecular formula is C10H14N4O3. The highest BCUT2D eigenvalue weighted by molar-refractivity contribution is 5.81. The molecule has 0 radical (unpaired) electrons. The van der Waals surface area contributed by atoms with E-state index in [2.05, 4.69) is 15.3 Å². The van der Waals surface area contributed by atoms with Gasteiger partial charge in [-0.1, -0.05) is 12.2 Å². The average Bonchev–Trinajstić information content (AvgIpc) is 2.30. The van der Waals surface area contributed by atoms with Gasteiger partial charge in [0.05, 0.1) is 6.61 Å². The average molecular weight is 238 g/mol. The second kappa shape index (κ2) is 6.55. The quantitative estimate of drug-likeness (QED) is 0.351. The number of alkyl carbamates (subject to hydrolysis) is 1. The van der Waals surface area contributed by atoms with E-state index in [1.165, 1.54) is 0 Å². The summed E-state index contributed by atoms with van der Waals surface area (Å²) in [6.07, 6.45) is 4.12. The summed E-state index contributed by atoms with van der Waals surface area (Å²) in [6, 6.07) is -0.378. The second-order valence-corrected chi connectivity index (χ2v) is 3.55. The van der Waals surface area contributed by atoms with Crippen molar-refractivity contribution in [3.8, 4) is 0 Å². The van der Waals surface area contributed by atoms with Crippen LogP contribution in [-0.2, 0) is 9.53 Å². The van der Waals surface area contributed by atoms with Crippen LogP contribution in [0.4, 0.5) is 4.79 Å². The summed E-state index contributed by atoms with van der Waals surface area (Å²) < 4.78 is 4.74. The first kappa shape index (κ1) is 13.1. The third-order valence-corrected chi connectivity index (χ3v) is 2.47. The number of nitrogens with zero attached hydrogens (tertiary/aromatic N) is 3. The van der Waals surface area contributed by atoms with Crippen molar-refractivity contribution in [2.24, 2.45) is 11.0 Å². The van der Waals surface area contributed by atoms with Crippen LogP contribution in [0.15, 0.2) is 17.3 Å². The number of amides is 2. The smallest absolute Gasteiger partial charge is 0.407 e. The van der Waals surface area contributed by atoms with E-state index in [9.17, 15) is 9.59 Å². The van der Waals surface area contributed by atoms with Crippen LogP contribution < -0.4 is 5.32 Å². The number of hydrogen-bond donors (Lipinski definition) is 1. The molecule has 7 nitrogen and oxygen atoms in total. The predicted octanol–water partition coefficient (Wildman–Crippen LogP) is 1.90. The molecule has 0 aliphatic heterocycles. The first-order valence-electron chi connectivity index (χ1n) is 5.36. The minimum Gasteiger partial charge on any atom is -0.450 e. The fourth-order valence-corrected chi connectivity index (χ4v) is 1.69. The Kier molecular flexibility index (Phi) is 5.03. The molecule has 1 N–H and O–H groups in total. The molecule has 0 aromatic heterocycles. The monoisotopic (exact) mass is 238 g/mol. The molecule has 0 heterocycles. The molecule has 92 valence electrons. The van der Waals surface area contributed by atoms with Crippen molar-refractivity contribution in [2.45, 2.75) is 25.8 Å². The van der Waals surface area contributed by atoms with Gasteiger partial charge >= 0.3 is 6.09 Å². The molecule has 1 aliphatic carbocycles. The molecule has 0 saturated carbocycles. The number of allylic oxidation sites excluding steroid dienone is 1. The summed E-state index contributed by atoms with van der Waals surface area (Å²) >= 11 is 0. The molecule has 2 atom stereocenters. The van der Waals surface area contributed by atoms with Gasteiger partial charge in [-0.25, -0.2) is 4.79 Å². The molecule has 0 aromatic rings.